The quantitative estimate of drug-likeness (QED) is 0.214. The van der Waals surface area contributed by atoms with Gasteiger partial charge in [-0.2, -0.15) is 0 Å². The molecule has 0 rings (SSSR count). The van der Waals surface area contributed by atoms with Gasteiger partial charge in [0.25, 0.3) is 0 Å². The summed E-state index contributed by atoms with van der Waals surface area (Å²) in [6.45, 7) is 10.9. The number of nitrogens with zero attached hydrogens (tertiary/aromatic N) is 1. The van der Waals surface area contributed by atoms with Gasteiger partial charge in [-0.15, -0.1) is 0 Å². The van der Waals surface area contributed by atoms with E-state index in [0.717, 1.165) is 0 Å². The van der Waals surface area contributed by atoms with Crippen LogP contribution in [0.2, 0.25) is 0 Å². The summed E-state index contributed by atoms with van der Waals surface area (Å²) in [5.41, 5.74) is -0.588. The molecule has 11 nitrogen and oxygen atoms in total. The standard InChI is InChI=1S/C21H43NO10/c1-21(2,3)32-20(25)22(4-8-26-12-16-30-18-14-28-10-6-23)5-9-27-13-17-31-19-15-29-11-7-24/h23-24H,4-19H2,1-3H3. The summed E-state index contributed by atoms with van der Waals surface area (Å²) in [6, 6.07) is 0. The number of amides is 1. The second-order valence-corrected chi connectivity index (χ2v) is 7.59. The number of aliphatic hydroxyl groups is 2. The summed E-state index contributed by atoms with van der Waals surface area (Å²) >= 11 is 0. The molecule has 0 spiro atoms. The van der Waals surface area contributed by atoms with Crippen molar-refractivity contribution in [2.45, 2.75) is 26.4 Å². The predicted octanol–water partition coefficient (Wildman–Crippen LogP) is 0.308. The second kappa shape index (κ2) is 21.8. The van der Waals surface area contributed by atoms with Crippen molar-refractivity contribution in [3.63, 3.8) is 0 Å². The van der Waals surface area contributed by atoms with Gasteiger partial charge in [-0.1, -0.05) is 0 Å². The highest BCUT2D eigenvalue weighted by atomic mass is 16.6. The number of aliphatic hydroxyl groups excluding tert-OH is 2. The average Bonchev–Trinajstić information content (AvgIpc) is 2.73. The van der Waals surface area contributed by atoms with E-state index in [1.165, 1.54) is 0 Å². The Bertz CT molecular complexity index is 396. The lowest BCUT2D eigenvalue weighted by atomic mass is 10.2. The van der Waals surface area contributed by atoms with E-state index < -0.39 is 11.7 Å². The van der Waals surface area contributed by atoms with E-state index in [1.54, 1.807) is 4.90 Å². The maximum atomic E-state index is 12.4. The molecule has 0 heterocycles. The lowest BCUT2D eigenvalue weighted by Crippen LogP contribution is -2.40. The van der Waals surface area contributed by atoms with Gasteiger partial charge in [-0.05, 0) is 20.8 Å². The number of hydrogen-bond acceptors (Lipinski definition) is 10. The van der Waals surface area contributed by atoms with E-state index >= 15 is 0 Å². The Hall–Kier alpha value is -1.05. The van der Waals surface area contributed by atoms with Gasteiger partial charge >= 0.3 is 6.09 Å². The lowest BCUT2D eigenvalue weighted by Gasteiger charge is -2.27. The monoisotopic (exact) mass is 469 g/mol. The van der Waals surface area contributed by atoms with Crippen molar-refractivity contribution in [2.75, 3.05) is 106 Å². The fraction of sp³-hybridized carbons (Fsp3) is 0.952. The minimum absolute atomic E-state index is 0.00235. The molecule has 0 saturated carbocycles. The van der Waals surface area contributed by atoms with E-state index in [2.05, 4.69) is 0 Å². The molecule has 192 valence electrons. The Morgan fingerprint density at radius 1 is 0.594 bits per heavy atom. The van der Waals surface area contributed by atoms with Crippen molar-refractivity contribution in [3.05, 3.63) is 0 Å². The smallest absolute Gasteiger partial charge is 0.410 e. The molecule has 0 bridgehead atoms. The Labute approximate surface area is 191 Å². The fourth-order valence-corrected chi connectivity index (χ4v) is 2.18. The van der Waals surface area contributed by atoms with Crippen LogP contribution in [0.15, 0.2) is 0 Å². The molecule has 1 amide bonds. The predicted molar refractivity (Wildman–Crippen MR) is 117 cm³/mol. The summed E-state index contributed by atoms with van der Waals surface area (Å²) in [5, 5.41) is 17.2. The first kappa shape index (κ1) is 30.9. The summed E-state index contributed by atoms with van der Waals surface area (Å²) in [6.07, 6.45) is -0.417. The maximum absolute atomic E-state index is 12.4. The van der Waals surface area contributed by atoms with Gasteiger partial charge in [0.15, 0.2) is 0 Å². The van der Waals surface area contributed by atoms with Crippen molar-refractivity contribution in [1.82, 2.24) is 4.90 Å². The van der Waals surface area contributed by atoms with Gasteiger partial charge in [-0.25, -0.2) is 4.79 Å². The molecule has 0 aromatic rings. The molecule has 0 atom stereocenters. The first-order valence-electron chi connectivity index (χ1n) is 11.1. The number of hydrogen-bond donors (Lipinski definition) is 2. The molecule has 0 saturated heterocycles. The maximum Gasteiger partial charge on any atom is 0.410 e. The summed E-state index contributed by atoms with van der Waals surface area (Å²) in [4.78, 5) is 14.0. The van der Waals surface area contributed by atoms with Gasteiger partial charge in [0.1, 0.15) is 5.60 Å². The topological polar surface area (TPSA) is 125 Å². The summed E-state index contributed by atoms with van der Waals surface area (Å²) in [5.74, 6) is 0. The average molecular weight is 470 g/mol. The van der Waals surface area contributed by atoms with Crippen molar-refractivity contribution < 1.29 is 48.2 Å². The highest BCUT2D eigenvalue weighted by Crippen LogP contribution is 2.09. The van der Waals surface area contributed by atoms with Crippen LogP contribution in [0.25, 0.3) is 0 Å². The molecule has 0 radical (unpaired) electrons. The number of rotatable bonds is 22. The molecule has 0 aromatic carbocycles. The normalized spacial score (nSPS) is 11.7. The van der Waals surface area contributed by atoms with Crippen LogP contribution in [-0.4, -0.2) is 132 Å². The van der Waals surface area contributed by atoms with Crippen molar-refractivity contribution >= 4 is 6.09 Å². The molecule has 0 unspecified atom stereocenters. The van der Waals surface area contributed by atoms with Crippen LogP contribution in [-0.2, 0) is 33.2 Å². The van der Waals surface area contributed by atoms with E-state index in [1.807, 2.05) is 20.8 Å². The highest BCUT2D eigenvalue weighted by molar-refractivity contribution is 5.68. The van der Waals surface area contributed by atoms with Crippen molar-refractivity contribution in [1.29, 1.82) is 0 Å². The number of ether oxygens (including phenoxy) is 7. The molecular formula is C21H43NO10. The first-order valence-corrected chi connectivity index (χ1v) is 11.1. The zero-order chi connectivity index (χ0) is 23.9. The van der Waals surface area contributed by atoms with Crippen LogP contribution < -0.4 is 0 Å². The van der Waals surface area contributed by atoms with Gasteiger partial charge in [0.2, 0.25) is 0 Å². The molecule has 0 aromatic heterocycles. The highest BCUT2D eigenvalue weighted by Gasteiger charge is 2.21. The minimum Gasteiger partial charge on any atom is -0.444 e. The Morgan fingerprint density at radius 2 is 0.906 bits per heavy atom. The Kier molecular flexibility index (Phi) is 21.1. The van der Waals surface area contributed by atoms with Crippen LogP contribution in [0.3, 0.4) is 0 Å². The number of carbonyl (C=O) groups is 1. The van der Waals surface area contributed by atoms with E-state index in [4.69, 9.17) is 43.4 Å². The third kappa shape index (κ3) is 22.2. The van der Waals surface area contributed by atoms with Crippen LogP contribution in [0.1, 0.15) is 20.8 Å². The van der Waals surface area contributed by atoms with E-state index in [-0.39, 0.29) is 13.2 Å². The van der Waals surface area contributed by atoms with Gasteiger partial charge in [0, 0.05) is 13.1 Å². The second-order valence-electron chi connectivity index (χ2n) is 7.59. The van der Waals surface area contributed by atoms with E-state index in [0.29, 0.717) is 92.4 Å². The number of carbonyl (C=O) groups excluding carboxylic acids is 1. The molecule has 2 N–H and O–H groups in total. The summed E-state index contributed by atoms with van der Waals surface area (Å²) in [7, 11) is 0. The third-order valence-electron chi connectivity index (χ3n) is 3.62. The van der Waals surface area contributed by atoms with Gasteiger partial charge in [-0.3, -0.25) is 0 Å². The van der Waals surface area contributed by atoms with E-state index in [9.17, 15) is 4.79 Å². The minimum atomic E-state index is -0.588. The van der Waals surface area contributed by atoms with Crippen LogP contribution >= 0.6 is 0 Å². The van der Waals surface area contributed by atoms with Crippen molar-refractivity contribution in [3.8, 4) is 0 Å². The molecule has 0 fully saturated rings. The zero-order valence-electron chi connectivity index (χ0n) is 19.9. The van der Waals surface area contributed by atoms with Crippen molar-refractivity contribution in [2.24, 2.45) is 0 Å². The summed E-state index contributed by atoms with van der Waals surface area (Å²) < 4.78 is 37.4. The Morgan fingerprint density at radius 3 is 1.22 bits per heavy atom. The fourth-order valence-electron chi connectivity index (χ4n) is 2.18. The van der Waals surface area contributed by atoms with Crippen LogP contribution in [0.5, 0.6) is 0 Å². The van der Waals surface area contributed by atoms with Crippen LogP contribution in [0, 0.1) is 0 Å². The molecule has 0 aliphatic rings. The molecule has 32 heavy (non-hydrogen) atoms. The lowest BCUT2D eigenvalue weighted by molar-refractivity contribution is -0.0108. The Balaban J connectivity index is 3.95. The SMILES string of the molecule is CC(C)(C)OC(=O)N(CCOCCOCCOCCO)CCOCCOCCOCCO. The van der Waals surface area contributed by atoms with Gasteiger partial charge < -0.3 is 48.3 Å². The largest absolute Gasteiger partial charge is 0.444 e. The third-order valence-corrected chi connectivity index (χ3v) is 3.62. The zero-order valence-corrected chi connectivity index (χ0v) is 19.9. The van der Waals surface area contributed by atoms with Gasteiger partial charge in [0.05, 0.1) is 92.5 Å². The molecule has 0 aliphatic carbocycles. The first-order chi connectivity index (χ1) is 15.4. The van der Waals surface area contributed by atoms with Crippen LogP contribution in [0.4, 0.5) is 4.79 Å². The molecule has 11 heteroatoms. The molecular weight excluding hydrogens is 426 g/mol. The molecule has 0 aliphatic heterocycles.